The van der Waals surface area contributed by atoms with Crippen molar-refractivity contribution in [3.05, 3.63) is 16.4 Å². The van der Waals surface area contributed by atoms with E-state index in [-0.39, 0.29) is 5.41 Å². The minimum Gasteiger partial charge on any atom is -0.315 e. The van der Waals surface area contributed by atoms with Gasteiger partial charge in [0, 0.05) is 18.7 Å². The van der Waals surface area contributed by atoms with Crippen molar-refractivity contribution in [3.8, 4) is 0 Å². The summed E-state index contributed by atoms with van der Waals surface area (Å²) in [6.45, 7) is 12.0. The Balaban J connectivity index is 2.75. The first-order valence-electron chi connectivity index (χ1n) is 6.68. The zero-order chi connectivity index (χ0) is 13.9. The normalized spacial score (nSPS) is 13.9. The summed E-state index contributed by atoms with van der Waals surface area (Å²) in [7, 11) is 1.90. The van der Waals surface area contributed by atoms with Gasteiger partial charge < -0.3 is 5.32 Å². The summed E-state index contributed by atoms with van der Waals surface area (Å²) in [5, 5.41) is 8.62. The molecule has 18 heavy (non-hydrogen) atoms. The van der Waals surface area contributed by atoms with E-state index >= 15 is 0 Å². The van der Waals surface area contributed by atoms with Gasteiger partial charge in [-0.25, -0.2) is 0 Å². The zero-order valence-electron chi connectivity index (χ0n) is 12.5. The molecule has 1 heterocycles. The number of hydrogen-bond acceptors (Lipinski definition) is 2. The quantitative estimate of drug-likeness (QED) is 0.860. The zero-order valence-corrected chi connectivity index (χ0v) is 13.2. The van der Waals surface area contributed by atoms with Crippen LogP contribution in [0.15, 0.2) is 0 Å². The maximum absolute atomic E-state index is 6.30. The molecule has 0 saturated carbocycles. The molecule has 0 amide bonds. The largest absolute Gasteiger partial charge is 0.315 e. The molecule has 0 spiro atoms. The SMILES string of the molecule is CCNC(C)CC(C)(C)Cc1c(C)nn(C)c1Cl. The van der Waals surface area contributed by atoms with E-state index in [9.17, 15) is 0 Å². The van der Waals surface area contributed by atoms with E-state index in [1.807, 2.05) is 14.0 Å². The Labute approximate surface area is 116 Å². The second-order valence-electron chi connectivity index (χ2n) is 5.98. The molecule has 0 aliphatic heterocycles. The molecule has 0 aromatic carbocycles. The van der Waals surface area contributed by atoms with Gasteiger partial charge in [0.2, 0.25) is 0 Å². The van der Waals surface area contributed by atoms with Crippen molar-refractivity contribution < 1.29 is 0 Å². The summed E-state index contributed by atoms with van der Waals surface area (Å²) >= 11 is 6.30. The van der Waals surface area contributed by atoms with Gasteiger partial charge in [-0.05, 0) is 38.6 Å². The van der Waals surface area contributed by atoms with Crippen molar-refractivity contribution in [3.63, 3.8) is 0 Å². The molecule has 4 heteroatoms. The van der Waals surface area contributed by atoms with E-state index in [1.165, 1.54) is 5.56 Å². The fourth-order valence-electron chi connectivity index (χ4n) is 2.67. The summed E-state index contributed by atoms with van der Waals surface area (Å²) in [6, 6.07) is 0.528. The summed E-state index contributed by atoms with van der Waals surface area (Å²) in [4.78, 5) is 0. The van der Waals surface area contributed by atoms with Crippen molar-refractivity contribution >= 4 is 11.6 Å². The first-order valence-corrected chi connectivity index (χ1v) is 7.06. The molecule has 1 aromatic heterocycles. The van der Waals surface area contributed by atoms with Crippen molar-refractivity contribution in [1.29, 1.82) is 0 Å². The molecule has 3 nitrogen and oxygen atoms in total. The van der Waals surface area contributed by atoms with E-state index < -0.39 is 0 Å². The molecule has 0 saturated heterocycles. The van der Waals surface area contributed by atoms with Crippen molar-refractivity contribution in [2.24, 2.45) is 12.5 Å². The Morgan fingerprint density at radius 1 is 1.44 bits per heavy atom. The van der Waals surface area contributed by atoms with E-state index in [0.29, 0.717) is 6.04 Å². The Bertz CT molecular complexity index is 396. The van der Waals surface area contributed by atoms with E-state index in [2.05, 4.69) is 38.1 Å². The predicted molar refractivity (Wildman–Crippen MR) is 78.2 cm³/mol. The van der Waals surface area contributed by atoms with Gasteiger partial charge in [-0.3, -0.25) is 4.68 Å². The van der Waals surface area contributed by atoms with Gasteiger partial charge in [0.05, 0.1) is 5.69 Å². The molecular weight excluding hydrogens is 246 g/mol. The topological polar surface area (TPSA) is 29.9 Å². The van der Waals surface area contributed by atoms with Gasteiger partial charge in [-0.1, -0.05) is 32.4 Å². The number of rotatable bonds is 6. The number of halogens is 1. The summed E-state index contributed by atoms with van der Waals surface area (Å²) < 4.78 is 1.76. The van der Waals surface area contributed by atoms with Crippen LogP contribution in [-0.4, -0.2) is 22.4 Å². The lowest BCUT2D eigenvalue weighted by Crippen LogP contribution is -2.32. The fraction of sp³-hybridized carbons (Fsp3) is 0.786. The molecule has 1 N–H and O–H groups in total. The molecule has 0 aliphatic rings. The van der Waals surface area contributed by atoms with Crippen LogP contribution < -0.4 is 5.32 Å². The van der Waals surface area contributed by atoms with Crippen molar-refractivity contribution in [1.82, 2.24) is 15.1 Å². The van der Waals surface area contributed by atoms with E-state index in [1.54, 1.807) is 4.68 Å². The average Bonchev–Trinajstić information content (AvgIpc) is 2.44. The highest BCUT2D eigenvalue weighted by molar-refractivity contribution is 6.30. The minimum atomic E-state index is 0.221. The van der Waals surface area contributed by atoms with Crippen LogP contribution in [0.2, 0.25) is 5.15 Å². The molecule has 0 fully saturated rings. The number of nitrogens with zero attached hydrogens (tertiary/aromatic N) is 2. The van der Waals surface area contributed by atoms with Gasteiger partial charge >= 0.3 is 0 Å². The average molecular weight is 272 g/mol. The van der Waals surface area contributed by atoms with Crippen LogP contribution >= 0.6 is 11.6 Å². The molecule has 1 rings (SSSR count). The molecule has 1 aromatic rings. The lowest BCUT2D eigenvalue weighted by molar-refractivity contribution is 0.288. The molecule has 0 radical (unpaired) electrons. The number of aryl methyl sites for hydroxylation is 2. The fourth-order valence-corrected chi connectivity index (χ4v) is 2.92. The Kier molecular flexibility index (Phi) is 5.23. The van der Waals surface area contributed by atoms with E-state index in [4.69, 9.17) is 11.6 Å². The first kappa shape index (κ1) is 15.5. The lowest BCUT2D eigenvalue weighted by atomic mass is 9.80. The van der Waals surface area contributed by atoms with Gasteiger partial charge in [0.1, 0.15) is 5.15 Å². The summed E-state index contributed by atoms with van der Waals surface area (Å²) in [6.07, 6.45) is 2.10. The highest BCUT2D eigenvalue weighted by Gasteiger charge is 2.25. The van der Waals surface area contributed by atoms with Crippen LogP contribution in [-0.2, 0) is 13.5 Å². The van der Waals surface area contributed by atoms with Gasteiger partial charge in [-0.2, -0.15) is 5.10 Å². The molecule has 1 atom stereocenters. The highest BCUT2D eigenvalue weighted by atomic mass is 35.5. The predicted octanol–water partition coefficient (Wildman–Crippen LogP) is 3.34. The standard InChI is InChI=1S/C14H26ClN3/c1-7-16-10(2)8-14(4,5)9-12-11(3)17-18(6)13(12)15/h10,16H,7-9H2,1-6H3. The number of hydrogen-bond donors (Lipinski definition) is 1. The van der Waals surface area contributed by atoms with Gasteiger partial charge in [0.15, 0.2) is 0 Å². The van der Waals surface area contributed by atoms with Crippen molar-refractivity contribution in [2.45, 2.75) is 53.5 Å². The highest BCUT2D eigenvalue weighted by Crippen LogP contribution is 2.31. The Hall–Kier alpha value is -0.540. The van der Waals surface area contributed by atoms with Gasteiger partial charge in [0.25, 0.3) is 0 Å². The number of aromatic nitrogens is 2. The maximum Gasteiger partial charge on any atom is 0.130 e. The number of nitrogens with one attached hydrogen (secondary N) is 1. The third kappa shape index (κ3) is 3.99. The molecule has 104 valence electrons. The first-order chi connectivity index (χ1) is 8.26. The molecule has 0 bridgehead atoms. The monoisotopic (exact) mass is 271 g/mol. The van der Waals surface area contributed by atoms with E-state index in [0.717, 1.165) is 30.2 Å². The minimum absolute atomic E-state index is 0.221. The Morgan fingerprint density at radius 2 is 2.06 bits per heavy atom. The van der Waals surface area contributed by atoms with Crippen LogP contribution in [0, 0.1) is 12.3 Å². The van der Waals surface area contributed by atoms with Crippen LogP contribution in [0.4, 0.5) is 0 Å². The van der Waals surface area contributed by atoms with Crippen LogP contribution in [0.3, 0.4) is 0 Å². The third-order valence-electron chi connectivity index (χ3n) is 3.34. The smallest absolute Gasteiger partial charge is 0.130 e. The van der Waals surface area contributed by atoms with Crippen LogP contribution in [0.25, 0.3) is 0 Å². The van der Waals surface area contributed by atoms with Crippen molar-refractivity contribution in [2.75, 3.05) is 6.54 Å². The molecular formula is C14H26ClN3. The van der Waals surface area contributed by atoms with Gasteiger partial charge in [-0.15, -0.1) is 0 Å². The third-order valence-corrected chi connectivity index (χ3v) is 3.81. The molecule has 1 unspecified atom stereocenters. The second kappa shape index (κ2) is 6.07. The lowest BCUT2D eigenvalue weighted by Gasteiger charge is -2.28. The summed E-state index contributed by atoms with van der Waals surface area (Å²) in [5.41, 5.74) is 2.46. The second-order valence-corrected chi connectivity index (χ2v) is 6.34. The van der Waals surface area contributed by atoms with Crippen LogP contribution in [0.1, 0.15) is 45.4 Å². The maximum atomic E-state index is 6.30. The Morgan fingerprint density at radius 3 is 2.50 bits per heavy atom. The summed E-state index contributed by atoms with van der Waals surface area (Å²) in [5.74, 6) is 0. The molecule has 0 aliphatic carbocycles. The van der Waals surface area contributed by atoms with Crippen LogP contribution in [0.5, 0.6) is 0 Å².